The molecule has 1 atom stereocenters. The Morgan fingerprint density at radius 1 is 0.559 bits per heavy atom. The molecular weight excluding hydrogens is 416 g/mol. The standard InChI is InChI=1S/C31H62N2O/c1-3-5-7-9-11-12-13-14-15-16-17-18-19-20-22-24-26-32-27-28-33(29-30-34)31(32)25-23-21-10-8-6-4-2/h14-15,31,34H,3-13,16-30H2,1-2H3/b15-14-. The smallest absolute Gasteiger partial charge is 0.0624 e. The van der Waals surface area contributed by atoms with Crippen LogP contribution in [-0.4, -0.2) is 53.9 Å². The summed E-state index contributed by atoms with van der Waals surface area (Å²) in [6.45, 7) is 9.33. The van der Waals surface area contributed by atoms with E-state index in [0.29, 0.717) is 12.8 Å². The van der Waals surface area contributed by atoms with Crippen molar-refractivity contribution in [2.24, 2.45) is 0 Å². The monoisotopic (exact) mass is 478 g/mol. The summed E-state index contributed by atoms with van der Waals surface area (Å²) in [7, 11) is 0. The first kappa shape index (κ1) is 31.6. The molecule has 1 saturated heterocycles. The van der Waals surface area contributed by atoms with Crippen LogP contribution >= 0.6 is 0 Å². The number of hydrogen-bond donors (Lipinski definition) is 1. The molecule has 1 aliphatic rings. The highest BCUT2D eigenvalue weighted by Gasteiger charge is 2.30. The van der Waals surface area contributed by atoms with Crippen LogP contribution in [-0.2, 0) is 0 Å². The molecule has 1 aliphatic heterocycles. The zero-order chi connectivity index (χ0) is 24.5. The van der Waals surface area contributed by atoms with Crippen molar-refractivity contribution in [3.8, 4) is 0 Å². The van der Waals surface area contributed by atoms with Gasteiger partial charge in [-0.2, -0.15) is 0 Å². The van der Waals surface area contributed by atoms with Gasteiger partial charge in [-0.05, 0) is 45.1 Å². The van der Waals surface area contributed by atoms with Crippen LogP contribution in [0.5, 0.6) is 0 Å². The Morgan fingerprint density at radius 3 is 1.53 bits per heavy atom. The highest BCUT2D eigenvalue weighted by molar-refractivity contribution is 4.82. The van der Waals surface area contributed by atoms with E-state index in [1.165, 1.54) is 148 Å². The Morgan fingerprint density at radius 2 is 1.00 bits per heavy atom. The van der Waals surface area contributed by atoms with Crippen molar-refractivity contribution < 1.29 is 5.11 Å². The molecule has 1 fully saturated rings. The average Bonchev–Trinajstić information content (AvgIpc) is 3.22. The lowest BCUT2D eigenvalue weighted by Crippen LogP contribution is -2.40. The predicted octanol–water partition coefficient (Wildman–Crippen LogP) is 8.71. The number of β-amino-alcohol motifs (C(OH)–C–C–N with tert-alkyl or cyclic N) is 1. The van der Waals surface area contributed by atoms with Gasteiger partial charge in [0.1, 0.15) is 0 Å². The van der Waals surface area contributed by atoms with Gasteiger partial charge in [0.2, 0.25) is 0 Å². The molecule has 202 valence electrons. The van der Waals surface area contributed by atoms with Crippen molar-refractivity contribution in [3.63, 3.8) is 0 Å². The number of aliphatic hydroxyl groups excluding tert-OH is 1. The van der Waals surface area contributed by atoms with Crippen molar-refractivity contribution in [3.05, 3.63) is 12.2 Å². The largest absolute Gasteiger partial charge is 0.395 e. The van der Waals surface area contributed by atoms with Crippen LogP contribution in [0.2, 0.25) is 0 Å². The lowest BCUT2D eigenvalue weighted by molar-refractivity contribution is 0.103. The SMILES string of the molecule is CCCCCCCC/C=C\CCCCCCCCN1CCN(CCO)C1CCCCCCCC. The molecule has 0 spiro atoms. The second kappa shape index (κ2) is 24.3. The van der Waals surface area contributed by atoms with Crippen LogP contribution in [0.15, 0.2) is 12.2 Å². The van der Waals surface area contributed by atoms with E-state index in [1.54, 1.807) is 0 Å². The molecule has 1 N–H and O–H groups in total. The maximum absolute atomic E-state index is 9.46. The van der Waals surface area contributed by atoms with Crippen LogP contribution in [0.3, 0.4) is 0 Å². The average molecular weight is 479 g/mol. The Balaban J connectivity index is 2.00. The van der Waals surface area contributed by atoms with Gasteiger partial charge in [-0.1, -0.05) is 122 Å². The first-order valence-corrected chi connectivity index (χ1v) is 15.6. The Kier molecular flexibility index (Phi) is 22.6. The number of allylic oxidation sites excluding steroid dienone is 2. The first-order chi connectivity index (χ1) is 16.8. The van der Waals surface area contributed by atoms with Crippen LogP contribution in [0.4, 0.5) is 0 Å². The molecule has 1 rings (SSSR count). The Labute approximate surface area is 214 Å². The van der Waals surface area contributed by atoms with E-state index in [9.17, 15) is 5.11 Å². The summed E-state index contributed by atoms with van der Waals surface area (Å²) in [6.07, 6.45) is 34.3. The molecule has 1 heterocycles. The molecule has 0 saturated carbocycles. The Hall–Kier alpha value is -0.380. The van der Waals surface area contributed by atoms with Gasteiger partial charge in [-0.25, -0.2) is 0 Å². The minimum absolute atomic E-state index is 0.301. The van der Waals surface area contributed by atoms with E-state index in [2.05, 4.69) is 35.8 Å². The maximum Gasteiger partial charge on any atom is 0.0624 e. The topological polar surface area (TPSA) is 26.7 Å². The fourth-order valence-corrected chi connectivity index (χ4v) is 5.47. The molecule has 1 unspecified atom stereocenters. The quantitative estimate of drug-likeness (QED) is 0.105. The van der Waals surface area contributed by atoms with Gasteiger partial charge in [0.05, 0.1) is 12.8 Å². The van der Waals surface area contributed by atoms with Crippen molar-refractivity contribution in [2.75, 3.05) is 32.8 Å². The fourth-order valence-electron chi connectivity index (χ4n) is 5.47. The molecule has 0 aromatic carbocycles. The van der Waals surface area contributed by atoms with E-state index in [4.69, 9.17) is 0 Å². The number of aliphatic hydroxyl groups is 1. The van der Waals surface area contributed by atoms with Gasteiger partial charge >= 0.3 is 0 Å². The minimum atomic E-state index is 0.301. The second-order valence-electron chi connectivity index (χ2n) is 10.8. The summed E-state index contributed by atoms with van der Waals surface area (Å²) in [5.74, 6) is 0. The Bertz CT molecular complexity index is 439. The first-order valence-electron chi connectivity index (χ1n) is 15.6. The third-order valence-electron chi connectivity index (χ3n) is 7.68. The van der Waals surface area contributed by atoms with Crippen LogP contribution < -0.4 is 0 Å². The number of unbranched alkanes of at least 4 members (excludes halogenated alkanes) is 17. The van der Waals surface area contributed by atoms with Gasteiger partial charge < -0.3 is 5.11 Å². The predicted molar refractivity (Wildman–Crippen MR) is 151 cm³/mol. The summed E-state index contributed by atoms with van der Waals surface area (Å²) in [6, 6.07) is 0. The van der Waals surface area contributed by atoms with E-state index in [1.807, 2.05) is 0 Å². The summed E-state index contributed by atoms with van der Waals surface area (Å²) in [4.78, 5) is 5.25. The normalized spacial score (nSPS) is 17.4. The maximum atomic E-state index is 9.46. The molecule has 0 radical (unpaired) electrons. The third kappa shape index (κ3) is 17.1. The van der Waals surface area contributed by atoms with Gasteiger partial charge in [0, 0.05) is 19.6 Å². The zero-order valence-corrected chi connectivity index (χ0v) is 23.5. The summed E-state index contributed by atoms with van der Waals surface area (Å²) in [5.41, 5.74) is 0. The molecular formula is C31H62N2O. The molecule has 34 heavy (non-hydrogen) atoms. The summed E-state index contributed by atoms with van der Waals surface area (Å²) < 4.78 is 0. The third-order valence-corrected chi connectivity index (χ3v) is 7.68. The molecule has 3 heteroatoms. The van der Waals surface area contributed by atoms with Crippen LogP contribution in [0.1, 0.15) is 149 Å². The lowest BCUT2D eigenvalue weighted by atomic mass is 10.1. The second-order valence-corrected chi connectivity index (χ2v) is 10.8. The number of hydrogen-bond acceptors (Lipinski definition) is 3. The minimum Gasteiger partial charge on any atom is -0.395 e. The van der Waals surface area contributed by atoms with E-state index in [0.717, 1.165) is 13.1 Å². The summed E-state index contributed by atoms with van der Waals surface area (Å²) >= 11 is 0. The highest BCUT2D eigenvalue weighted by Crippen LogP contribution is 2.22. The summed E-state index contributed by atoms with van der Waals surface area (Å²) in [5, 5.41) is 9.46. The van der Waals surface area contributed by atoms with E-state index in [-0.39, 0.29) is 0 Å². The van der Waals surface area contributed by atoms with Gasteiger partial charge in [-0.3, -0.25) is 9.80 Å². The van der Waals surface area contributed by atoms with Gasteiger partial charge in [0.15, 0.2) is 0 Å². The van der Waals surface area contributed by atoms with Crippen molar-refractivity contribution in [1.29, 1.82) is 0 Å². The van der Waals surface area contributed by atoms with Crippen LogP contribution in [0.25, 0.3) is 0 Å². The van der Waals surface area contributed by atoms with E-state index >= 15 is 0 Å². The lowest BCUT2D eigenvalue weighted by Gasteiger charge is -2.30. The molecule has 0 aliphatic carbocycles. The van der Waals surface area contributed by atoms with Crippen molar-refractivity contribution >= 4 is 0 Å². The molecule has 3 nitrogen and oxygen atoms in total. The van der Waals surface area contributed by atoms with Crippen LogP contribution in [0, 0.1) is 0 Å². The highest BCUT2D eigenvalue weighted by atomic mass is 16.3. The van der Waals surface area contributed by atoms with Crippen molar-refractivity contribution in [1.82, 2.24) is 9.80 Å². The zero-order valence-electron chi connectivity index (χ0n) is 23.5. The molecule has 0 aromatic heterocycles. The number of rotatable bonds is 25. The van der Waals surface area contributed by atoms with E-state index < -0.39 is 0 Å². The molecule has 0 aromatic rings. The molecule has 0 bridgehead atoms. The number of nitrogens with zero attached hydrogens (tertiary/aromatic N) is 2. The fraction of sp³-hybridized carbons (Fsp3) is 0.935. The van der Waals surface area contributed by atoms with Gasteiger partial charge in [0.25, 0.3) is 0 Å². The molecule has 0 amide bonds. The van der Waals surface area contributed by atoms with Gasteiger partial charge in [-0.15, -0.1) is 0 Å². The van der Waals surface area contributed by atoms with Crippen molar-refractivity contribution in [2.45, 2.75) is 155 Å².